The average molecular weight is 334 g/mol. The first-order valence-electron chi connectivity index (χ1n) is 7.35. The molecule has 0 radical (unpaired) electrons. The summed E-state index contributed by atoms with van der Waals surface area (Å²) in [5, 5.41) is 1.44. The zero-order valence-corrected chi connectivity index (χ0v) is 13.5. The Morgan fingerprint density at radius 2 is 2.22 bits per heavy atom. The van der Waals surface area contributed by atoms with E-state index in [1.165, 1.54) is 15.8 Å². The summed E-state index contributed by atoms with van der Waals surface area (Å²) >= 11 is 5.86. The van der Waals surface area contributed by atoms with Crippen LogP contribution in [-0.2, 0) is 6.54 Å². The van der Waals surface area contributed by atoms with Crippen LogP contribution in [0, 0.1) is 6.92 Å². The summed E-state index contributed by atoms with van der Waals surface area (Å²) < 4.78 is 3.42. The van der Waals surface area contributed by atoms with E-state index in [9.17, 15) is 4.79 Å². The molecule has 23 heavy (non-hydrogen) atoms. The lowest BCUT2D eigenvalue weighted by molar-refractivity contribution is 0.128. The van der Waals surface area contributed by atoms with Gasteiger partial charge in [-0.05, 0) is 13.8 Å². The predicted molar refractivity (Wildman–Crippen MR) is 84.8 cm³/mol. The molecule has 1 aromatic heterocycles. The molecular formula is C14H16ClN7O. The molecule has 1 atom stereocenters. The van der Waals surface area contributed by atoms with Crippen molar-refractivity contribution in [2.24, 2.45) is 4.99 Å². The van der Waals surface area contributed by atoms with Gasteiger partial charge < -0.3 is 9.47 Å². The number of nitrogens with zero attached hydrogens (tertiary/aromatic N) is 6. The van der Waals surface area contributed by atoms with Gasteiger partial charge in [-0.3, -0.25) is 5.43 Å². The maximum Gasteiger partial charge on any atom is 0.343 e. The lowest BCUT2D eigenvalue weighted by Gasteiger charge is -2.35. The van der Waals surface area contributed by atoms with Crippen LogP contribution in [0.3, 0.4) is 0 Å². The number of aromatic nitrogens is 2. The van der Waals surface area contributed by atoms with E-state index < -0.39 is 0 Å². The number of nitrogens with one attached hydrogen (secondary N) is 1. The molecule has 0 fully saturated rings. The van der Waals surface area contributed by atoms with Crippen LogP contribution in [0.4, 0.5) is 4.79 Å². The molecule has 0 bridgehead atoms. The van der Waals surface area contributed by atoms with E-state index in [2.05, 4.69) is 20.0 Å². The minimum atomic E-state index is -0.136. The molecule has 0 aromatic carbocycles. The molecule has 1 N–H and O–H groups in total. The van der Waals surface area contributed by atoms with Crippen molar-refractivity contribution >= 4 is 24.1 Å². The number of imidazole rings is 1. The average Bonchev–Trinajstić information content (AvgIpc) is 3.09. The first kappa shape index (κ1) is 14.1. The third kappa shape index (κ3) is 2.26. The highest BCUT2D eigenvalue weighted by Crippen LogP contribution is 2.28. The molecule has 1 aromatic rings. The number of urea groups is 1. The predicted octanol–water partition coefficient (Wildman–Crippen LogP) is 1.69. The normalized spacial score (nSPS) is 22.4. The second-order valence-corrected chi connectivity index (χ2v) is 6.10. The number of aliphatic imine (C=N–C) groups is 1. The van der Waals surface area contributed by atoms with Crippen molar-refractivity contribution in [2.45, 2.75) is 26.4 Å². The van der Waals surface area contributed by atoms with Gasteiger partial charge in [-0.15, -0.1) is 0 Å². The topological polar surface area (TPSA) is 69.0 Å². The molecule has 3 aliphatic heterocycles. The van der Waals surface area contributed by atoms with Crippen molar-refractivity contribution in [3.63, 3.8) is 0 Å². The highest BCUT2D eigenvalue weighted by molar-refractivity contribution is 6.19. The van der Waals surface area contributed by atoms with Crippen molar-refractivity contribution < 1.29 is 4.79 Å². The Morgan fingerprint density at radius 1 is 1.39 bits per heavy atom. The maximum absolute atomic E-state index is 12.8. The van der Waals surface area contributed by atoms with Gasteiger partial charge in [-0.25, -0.2) is 24.2 Å². The molecule has 4 rings (SSSR count). The summed E-state index contributed by atoms with van der Waals surface area (Å²) in [7, 11) is 0. The Kier molecular flexibility index (Phi) is 3.08. The molecule has 9 heteroatoms. The second kappa shape index (κ2) is 5.02. The molecule has 0 saturated carbocycles. The van der Waals surface area contributed by atoms with E-state index in [4.69, 9.17) is 11.8 Å². The van der Waals surface area contributed by atoms with Gasteiger partial charge in [0.15, 0.2) is 0 Å². The van der Waals surface area contributed by atoms with Crippen LogP contribution < -0.4 is 5.43 Å². The van der Waals surface area contributed by atoms with E-state index in [-0.39, 0.29) is 12.1 Å². The largest absolute Gasteiger partial charge is 0.343 e. The lowest BCUT2D eigenvalue weighted by atomic mass is 10.2. The van der Waals surface area contributed by atoms with Crippen LogP contribution in [0.15, 0.2) is 35.0 Å². The Morgan fingerprint density at radius 3 is 3.04 bits per heavy atom. The van der Waals surface area contributed by atoms with Gasteiger partial charge in [0.2, 0.25) is 0 Å². The molecule has 120 valence electrons. The van der Waals surface area contributed by atoms with E-state index in [0.717, 1.165) is 18.1 Å². The molecule has 2 amide bonds. The standard InChI is InChI=1S/C14H16ClN7O/c1-9-5-19-3-4-21(10(2)13(19)17-9)14(23)22-7-11-12(18-22)6-20(15)8-16-11/h5-8,10,18H,3-4H2,1-2H3. The number of hydrogen-bond donors (Lipinski definition) is 1. The first-order chi connectivity index (χ1) is 11.0. The van der Waals surface area contributed by atoms with Crippen molar-refractivity contribution in [1.29, 1.82) is 0 Å². The third-order valence-electron chi connectivity index (χ3n) is 4.13. The zero-order chi connectivity index (χ0) is 16.1. The molecular weight excluding hydrogens is 318 g/mol. The Hall–Kier alpha value is -2.48. The fourth-order valence-corrected chi connectivity index (χ4v) is 3.15. The summed E-state index contributed by atoms with van der Waals surface area (Å²) in [6.07, 6.45) is 6.85. The van der Waals surface area contributed by atoms with Gasteiger partial charge in [-0.2, -0.15) is 0 Å². The summed E-state index contributed by atoms with van der Waals surface area (Å²) in [4.78, 5) is 23.3. The number of hydrazine groups is 1. The zero-order valence-electron chi connectivity index (χ0n) is 12.8. The first-order valence-corrected chi connectivity index (χ1v) is 7.69. The number of carbonyl (C=O) groups is 1. The highest BCUT2D eigenvalue weighted by Gasteiger charge is 2.34. The van der Waals surface area contributed by atoms with E-state index >= 15 is 0 Å². The lowest BCUT2D eigenvalue weighted by Crippen LogP contribution is -2.49. The molecule has 0 aliphatic carbocycles. The van der Waals surface area contributed by atoms with Crippen molar-refractivity contribution in [3.05, 3.63) is 41.5 Å². The monoisotopic (exact) mass is 333 g/mol. The van der Waals surface area contributed by atoms with Gasteiger partial charge >= 0.3 is 6.03 Å². The van der Waals surface area contributed by atoms with E-state index in [1.54, 1.807) is 17.3 Å². The summed E-state index contributed by atoms with van der Waals surface area (Å²) in [6, 6.07) is -0.224. The minimum Gasteiger partial charge on any atom is -0.331 e. The SMILES string of the molecule is Cc1cn2c(n1)C(C)N(C(=O)N1C=C3N=CN(Cl)C=C3N1)CC2. The number of fused-ring (bicyclic) bond motifs is 2. The fourth-order valence-electron chi connectivity index (χ4n) is 3.01. The molecule has 8 nitrogen and oxygen atoms in total. The van der Waals surface area contributed by atoms with Crippen LogP contribution in [0.25, 0.3) is 0 Å². The minimum absolute atomic E-state index is 0.0882. The maximum atomic E-state index is 12.8. The van der Waals surface area contributed by atoms with Crippen molar-refractivity contribution in [2.75, 3.05) is 6.54 Å². The van der Waals surface area contributed by atoms with Gasteiger partial charge in [0.1, 0.15) is 17.9 Å². The summed E-state index contributed by atoms with van der Waals surface area (Å²) in [6.45, 7) is 5.33. The Balaban J connectivity index is 1.56. The molecule has 0 spiro atoms. The third-order valence-corrected chi connectivity index (χ3v) is 4.32. The van der Waals surface area contributed by atoms with Gasteiger partial charge in [0.05, 0.1) is 29.8 Å². The number of aryl methyl sites for hydroxylation is 1. The number of halogens is 1. The molecule has 3 aliphatic rings. The molecule has 1 unspecified atom stereocenters. The number of rotatable bonds is 0. The van der Waals surface area contributed by atoms with E-state index in [0.29, 0.717) is 17.9 Å². The fraction of sp³-hybridized carbons (Fsp3) is 0.357. The Labute approximate surface area is 138 Å². The van der Waals surface area contributed by atoms with Crippen LogP contribution in [0.5, 0.6) is 0 Å². The Bertz CT molecular complexity index is 765. The number of carbonyl (C=O) groups excluding carboxylic acids is 1. The number of hydrogen-bond acceptors (Lipinski definition) is 5. The van der Waals surface area contributed by atoms with Crippen LogP contribution in [-0.4, -0.2) is 42.8 Å². The quantitative estimate of drug-likeness (QED) is 0.734. The molecule has 0 saturated heterocycles. The van der Waals surface area contributed by atoms with E-state index in [1.807, 2.05) is 20.0 Å². The highest BCUT2D eigenvalue weighted by atomic mass is 35.5. The van der Waals surface area contributed by atoms with Gasteiger partial charge in [-0.1, -0.05) is 0 Å². The molecule has 4 heterocycles. The van der Waals surface area contributed by atoms with Crippen molar-refractivity contribution in [1.82, 2.24) is 29.3 Å². The van der Waals surface area contributed by atoms with Crippen molar-refractivity contribution in [3.8, 4) is 0 Å². The summed E-state index contributed by atoms with van der Waals surface area (Å²) in [5.74, 6) is 0.913. The van der Waals surface area contributed by atoms with Crippen LogP contribution in [0.1, 0.15) is 24.5 Å². The second-order valence-electron chi connectivity index (χ2n) is 5.71. The van der Waals surface area contributed by atoms with Crippen LogP contribution >= 0.6 is 11.8 Å². The summed E-state index contributed by atoms with van der Waals surface area (Å²) in [5.41, 5.74) is 5.35. The number of amides is 2. The van der Waals surface area contributed by atoms with Crippen LogP contribution in [0.2, 0.25) is 0 Å². The smallest absolute Gasteiger partial charge is 0.331 e. The van der Waals surface area contributed by atoms with Gasteiger partial charge in [0.25, 0.3) is 0 Å². The van der Waals surface area contributed by atoms with Gasteiger partial charge in [0, 0.05) is 31.1 Å².